The maximum absolute atomic E-state index is 10.4. The molecule has 0 heterocycles. The molecule has 0 aromatic carbocycles. The summed E-state index contributed by atoms with van der Waals surface area (Å²) in [4.78, 5) is 10.4. The number of carbonyl (C=O) groups is 1. The number of hydrogen-bond acceptors (Lipinski definition) is 2. The molecule has 0 amide bonds. The second-order valence-electron chi connectivity index (χ2n) is 1.46. The van der Waals surface area contributed by atoms with Gasteiger partial charge in [0.15, 0.2) is 5.56 Å². The van der Waals surface area contributed by atoms with E-state index in [1.807, 2.05) is 6.92 Å². The molecule has 0 rings (SSSR count). The molecule has 0 aliphatic rings. The molecule has 0 saturated heterocycles. The first kappa shape index (κ1) is 8.50. The highest BCUT2D eigenvalue weighted by Gasteiger charge is 2.03. The van der Waals surface area contributed by atoms with Crippen LogP contribution in [0.4, 0.5) is 0 Å². The van der Waals surface area contributed by atoms with Crippen molar-refractivity contribution in [2.75, 3.05) is 0 Å². The van der Waals surface area contributed by atoms with E-state index >= 15 is 0 Å². The van der Waals surface area contributed by atoms with E-state index < -0.39 is 11.5 Å². The van der Waals surface area contributed by atoms with E-state index in [0.717, 1.165) is 6.08 Å². The fourth-order valence-electron chi connectivity index (χ4n) is 0.257. The first-order valence-electron chi connectivity index (χ1n) is 2.67. The molecule has 0 aromatic heterocycles. The van der Waals surface area contributed by atoms with Crippen molar-refractivity contribution in [2.45, 2.75) is 18.9 Å². The van der Waals surface area contributed by atoms with Gasteiger partial charge in [0.05, 0.1) is 0 Å². The molecule has 0 fully saturated rings. The maximum Gasteiger partial charge on any atom is 0.331 e. The van der Waals surface area contributed by atoms with Crippen molar-refractivity contribution in [3.05, 3.63) is 12.7 Å². The molecule has 9 heavy (non-hydrogen) atoms. The second-order valence-corrected chi connectivity index (χ2v) is 1.95. The SMILES string of the molecule is C=CC(=O)OC(Cl)CC. The first-order valence-corrected chi connectivity index (χ1v) is 3.11. The minimum Gasteiger partial charge on any atom is -0.443 e. The molecule has 0 radical (unpaired) electrons. The van der Waals surface area contributed by atoms with Crippen LogP contribution >= 0.6 is 11.6 Å². The zero-order valence-corrected chi connectivity index (χ0v) is 6.02. The summed E-state index contributed by atoms with van der Waals surface area (Å²) in [5, 5.41) is 0. The van der Waals surface area contributed by atoms with Gasteiger partial charge >= 0.3 is 5.97 Å². The van der Waals surface area contributed by atoms with Gasteiger partial charge in [-0.2, -0.15) is 0 Å². The molecule has 1 atom stereocenters. The van der Waals surface area contributed by atoms with E-state index in [1.165, 1.54) is 0 Å². The Balaban J connectivity index is 3.46. The molecule has 0 bridgehead atoms. The van der Waals surface area contributed by atoms with Gasteiger partial charge < -0.3 is 4.74 Å². The third-order valence-corrected chi connectivity index (χ3v) is 1.13. The quantitative estimate of drug-likeness (QED) is 0.346. The number of rotatable bonds is 3. The topological polar surface area (TPSA) is 26.3 Å². The summed E-state index contributed by atoms with van der Waals surface area (Å²) >= 11 is 5.45. The third kappa shape index (κ3) is 4.03. The van der Waals surface area contributed by atoms with Gasteiger partial charge in [0, 0.05) is 6.08 Å². The van der Waals surface area contributed by atoms with Crippen LogP contribution in [0.15, 0.2) is 12.7 Å². The fourth-order valence-corrected chi connectivity index (χ4v) is 0.345. The lowest BCUT2D eigenvalue weighted by Gasteiger charge is -2.04. The summed E-state index contributed by atoms with van der Waals surface area (Å²) in [6.07, 6.45) is 1.70. The summed E-state index contributed by atoms with van der Waals surface area (Å²) in [6.45, 7) is 5.04. The van der Waals surface area contributed by atoms with E-state index in [-0.39, 0.29) is 0 Å². The van der Waals surface area contributed by atoms with Crippen LogP contribution in [0.25, 0.3) is 0 Å². The smallest absolute Gasteiger partial charge is 0.331 e. The minimum absolute atomic E-state index is 0.475. The van der Waals surface area contributed by atoms with Gasteiger partial charge in [0.25, 0.3) is 0 Å². The van der Waals surface area contributed by atoms with Crippen molar-refractivity contribution in [1.29, 1.82) is 0 Å². The lowest BCUT2D eigenvalue weighted by Crippen LogP contribution is -2.08. The molecule has 0 aromatic rings. The molecule has 52 valence electrons. The molecule has 0 saturated carbocycles. The number of ether oxygens (including phenoxy) is 1. The van der Waals surface area contributed by atoms with E-state index in [0.29, 0.717) is 6.42 Å². The lowest BCUT2D eigenvalue weighted by molar-refractivity contribution is -0.139. The van der Waals surface area contributed by atoms with Crippen molar-refractivity contribution in [3.63, 3.8) is 0 Å². The van der Waals surface area contributed by atoms with Gasteiger partial charge in [-0.3, -0.25) is 0 Å². The number of esters is 1. The van der Waals surface area contributed by atoms with Gasteiger partial charge in [-0.15, -0.1) is 0 Å². The molecule has 1 unspecified atom stereocenters. The van der Waals surface area contributed by atoms with Crippen LogP contribution in [0.3, 0.4) is 0 Å². The van der Waals surface area contributed by atoms with Gasteiger partial charge in [0.2, 0.25) is 0 Å². The molecular weight excluding hydrogens is 140 g/mol. The first-order chi connectivity index (χ1) is 4.20. The van der Waals surface area contributed by atoms with Crippen LogP contribution < -0.4 is 0 Å². The van der Waals surface area contributed by atoms with Crippen LogP contribution in [0, 0.1) is 0 Å². The van der Waals surface area contributed by atoms with Gasteiger partial charge in [-0.1, -0.05) is 25.1 Å². The van der Waals surface area contributed by atoms with E-state index in [9.17, 15) is 4.79 Å². The zero-order chi connectivity index (χ0) is 7.28. The molecule has 2 nitrogen and oxygen atoms in total. The fraction of sp³-hybridized carbons (Fsp3) is 0.500. The monoisotopic (exact) mass is 148 g/mol. The van der Waals surface area contributed by atoms with Gasteiger partial charge in [0.1, 0.15) is 0 Å². The standard InChI is InChI=1S/C6H9ClO2/c1-3-5(7)9-6(8)4-2/h4-5H,2-3H2,1H3. The van der Waals surface area contributed by atoms with Crippen LogP contribution in [-0.4, -0.2) is 11.5 Å². The maximum atomic E-state index is 10.4. The Morgan fingerprint density at radius 2 is 2.56 bits per heavy atom. The van der Waals surface area contributed by atoms with Crippen molar-refractivity contribution >= 4 is 17.6 Å². The van der Waals surface area contributed by atoms with E-state index in [2.05, 4.69) is 11.3 Å². The van der Waals surface area contributed by atoms with Crippen LogP contribution in [0.1, 0.15) is 13.3 Å². The second kappa shape index (κ2) is 4.39. The molecule has 3 heteroatoms. The number of carbonyl (C=O) groups excluding carboxylic acids is 1. The number of alkyl halides is 1. The average Bonchev–Trinajstić information content (AvgIpc) is 1.87. The van der Waals surface area contributed by atoms with Gasteiger partial charge in [-0.25, -0.2) is 4.79 Å². The average molecular weight is 149 g/mol. The molecule has 0 spiro atoms. The van der Waals surface area contributed by atoms with Crippen molar-refractivity contribution in [3.8, 4) is 0 Å². The molecule has 0 aliphatic carbocycles. The predicted molar refractivity (Wildman–Crippen MR) is 36.2 cm³/mol. The van der Waals surface area contributed by atoms with Crippen molar-refractivity contribution in [2.24, 2.45) is 0 Å². The number of halogens is 1. The Morgan fingerprint density at radius 1 is 2.00 bits per heavy atom. The minimum atomic E-state index is -0.518. The Bertz CT molecular complexity index is 112. The van der Waals surface area contributed by atoms with Crippen molar-refractivity contribution < 1.29 is 9.53 Å². The summed E-state index contributed by atoms with van der Waals surface area (Å²) < 4.78 is 4.56. The summed E-state index contributed by atoms with van der Waals surface area (Å²) in [7, 11) is 0. The predicted octanol–water partition coefficient (Wildman–Crippen LogP) is 1.69. The Morgan fingerprint density at radius 3 is 2.89 bits per heavy atom. The third-order valence-electron chi connectivity index (χ3n) is 0.732. The highest BCUT2D eigenvalue weighted by molar-refractivity contribution is 6.20. The summed E-state index contributed by atoms with van der Waals surface area (Å²) in [6, 6.07) is 0. The van der Waals surface area contributed by atoms with Gasteiger partial charge in [-0.05, 0) is 6.42 Å². The highest BCUT2D eigenvalue weighted by atomic mass is 35.5. The lowest BCUT2D eigenvalue weighted by atomic mass is 10.5. The highest BCUT2D eigenvalue weighted by Crippen LogP contribution is 2.02. The van der Waals surface area contributed by atoms with Crippen molar-refractivity contribution in [1.82, 2.24) is 0 Å². The normalized spacial score (nSPS) is 12.2. The van der Waals surface area contributed by atoms with E-state index in [1.54, 1.807) is 0 Å². The molecule has 0 N–H and O–H groups in total. The van der Waals surface area contributed by atoms with Crippen LogP contribution in [0.5, 0.6) is 0 Å². The van der Waals surface area contributed by atoms with Crippen LogP contribution in [0.2, 0.25) is 0 Å². The molecular formula is C6H9ClO2. The zero-order valence-electron chi connectivity index (χ0n) is 5.26. The summed E-state index contributed by atoms with van der Waals surface area (Å²) in [5.41, 5.74) is -0.518. The van der Waals surface area contributed by atoms with E-state index in [4.69, 9.17) is 11.6 Å². The van der Waals surface area contributed by atoms with Crippen LogP contribution in [-0.2, 0) is 9.53 Å². The number of hydrogen-bond donors (Lipinski definition) is 0. The Kier molecular flexibility index (Phi) is 4.14. The largest absolute Gasteiger partial charge is 0.443 e. The Labute approximate surface area is 59.5 Å². The Hall–Kier alpha value is -0.500. The summed E-state index contributed by atoms with van der Waals surface area (Å²) in [5.74, 6) is -0.475. The molecule has 0 aliphatic heterocycles.